The summed E-state index contributed by atoms with van der Waals surface area (Å²) in [5, 5.41) is 14.9. The molecule has 0 aliphatic carbocycles. The molecule has 5 aromatic rings. The molecule has 2 N–H and O–H groups in total. The highest BCUT2D eigenvalue weighted by Crippen LogP contribution is 2.45. The van der Waals surface area contributed by atoms with E-state index in [2.05, 4.69) is 29.2 Å². The van der Waals surface area contributed by atoms with Gasteiger partial charge in [0.2, 0.25) is 0 Å². The van der Waals surface area contributed by atoms with E-state index >= 15 is 0 Å². The first-order valence-corrected chi connectivity index (χ1v) is 9.63. The molecule has 2 nitrogen and oxygen atoms in total. The molecular weight excluding hydrogens is 366 g/mol. The monoisotopic (exact) mass is 383 g/mol. The Balaban J connectivity index is 1.89. The molecule has 0 aliphatic rings. The number of nitrogens with one attached hydrogen (secondary N) is 1. The predicted octanol–water partition coefficient (Wildman–Crippen LogP) is 6.86. The van der Waals surface area contributed by atoms with Crippen LogP contribution in [0, 0.1) is 0 Å². The molecule has 1 unspecified atom stereocenters. The standard InChI is InChI=1S/C25H18ClNO/c26-21-11-5-3-10-19(21)24(20-15-27-22-12-6-4-9-18(20)22)25-17-8-2-1-7-16(17)13-14-23(25)28/h1-15,24,27-28H. The molecule has 0 saturated carbocycles. The first-order valence-electron chi connectivity index (χ1n) is 9.25. The van der Waals surface area contributed by atoms with Gasteiger partial charge in [-0.1, -0.05) is 78.3 Å². The van der Waals surface area contributed by atoms with Crippen LogP contribution in [0.4, 0.5) is 0 Å². The molecular formula is C25H18ClNO. The lowest BCUT2D eigenvalue weighted by Gasteiger charge is -2.22. The normalized spacial score (nSPS) is 12.5. The summed E-state index contributed by atoms with van der Waals surface area (Å²) in [5.74, 6) is 0.0739. The lowest BCUT2D eigenvalue weighted by atomic mass is 9.82. The van der Waals surface area contributed by atoms with E-state index in [4.69, 9.17) is 11.6 Å². The molecule has 3 heteroatoms. The molecule has 4 aromatic carbocycles. The second-order valence-electron chi connectivity index (χ2n) is 6.96. The van der Waals surface area contributed by atoms with Gasteiger partial charge in [-0.15, -0.1) is 0 Å². The molecule has 1 aromatic heterocycles. The van der Waals surface area contributed by atoms with Crippen LogP contribution in [-0.4, -0.2) is 10.1 Å². The van der Waals surface area contributed by atoms with Gasteiger partial charge in [-0.25, -0.2) is 0 Å². The minimum Gasteiger partial charge on any atom is -0.508 e. The number of hydrogen-bond acceptors (Lipinski definition) is 1. The number of para-hydroxylation sites is 1. The summed E-state index contributed by atoms with van der Waals surface area (Å²) in [4.78, 5) is 3.37. The van der Waals surface area contributed by atoms with Gasteiger partial charge in [-0.3, -0.25) is 0 Å². The quantitative estimate of drug-likeness (QED) is 0.350. The molecule has 1 atom stereocenters. The third-order valence-electron chi connectivity index (χ3n) is 5.38. The predicted molar refractivity (Wildman–Crippen MR) is 116 cm³/mol. The van der Waals surface area contributed by atoms with Gasteiger partial charge < -0.3 is 10.1 Å². The summed E-state index contributed by atoms with van der Waals surface area (Å²) in [6, 6.07) is 27.9. The zero-order valence-electron chi connectivity index (χ0n) is 15.1. The molecule has 0 spiro atoms. The zero-order chi connectivity index (χ0) is 19.1. The second kappa shape index (κ2) is 6.74. The number of aromatic hydroxyl groups is 1. The van der Waals surface area contributed by atoms with E-state index in [9.17, 15) is 5.11 Å². The number of fused-ring (bicyclic) bond motifs is 2. The first-order chi connectivity index (χ1) is 13.7. The maximum atomic E-state index is 10.9. The summed E-state index contributed by atoms with van der Waals surface area (Å²) >= 11 is 6.65. The van der Waals surface area contributed by atoms with Crippen LogP contribution in [0.25, 0.3) is 21.7 Å². The molecule has 5 rings (SSSR count). The molecule has 0 radical (unpaired) electrons. The Labute approximate surface area is 168 Å². The van der Waals surface area contributed by atoms with E-state index in [-0.39, 0.29) is 11.7 Å². The number of rotatable bonds is 3. The van der Waals surface area contributed by atoms with Crippen molar-refractivity contribution in [1.29, 1.82) is 0 Å². The smallest absolute Gasteiger partial charge is 0.120 e. The summed E-state index contributed by atoms with van der Waals surface area (Å²) in [7, 11) is 0. The van der Waals surface area contributed by atoms with Crippen LogP contribution in [-0.2, 0) is 0 Å². The van der Waals surface area contributed by atoms with Gasteiger partial charge in [0, 0.05) is 33.6 Å². The van der Waals surface area contributed by atoms with Crippen LogP contribution in [0.2, 0.25) is 5.02 Å². The summed E-state index contributed by atoms with van der Waals surface area (Å²) in [6.45, 7) is 0. The number of H-pyrrole nitrogens is 1. The average molecular weight is 384 g/mol. The van der Waals surface area contributed by atoms with Gasteiger partial charge in [-0.05, 0) is 40.1 Å². The summed E-state index contributed by atoms with van der Waals surface area (Å²) in [5.41, 5.74) is 4.00. The third-order valence-corrected chi connectivity index (χ3v) is 5.73. The maximum absolute atomic E-state index is 10.9. The van der Waals surface area contributed by atoms with Crippen LogP contribution in [0.1, 0.15) is 22.6 Å². The number of hydrogen-bond donors (Lipinski definition) is 2. The van der Waals surface area contributed by atoms with Crippen molar-refractivity contribution < 1.29 is 5.11 Å². The fraction of sp³-hybridized carbons (Fsp3) is 0.0400. The van der Waals surface area contributed by atoms with Gasteiger partial charge >= 0.3 is 0 Å². The van der Waals surface area contributed by atoms with E-state index in [1.165, 1.54) is 0 Å². The van der Waals surface area contributed by atoms with Crippen molar-refractivity contribution in [3.05, 3.63) is 113 Å². The summed E-state index contributed by atoms with van der Waals surface area (Å²) in [6.07, 6.45) is 2.03. The number of phenolic OH excluding ortho intramolecular Hbond substituents is 1. The average Bonchev–Trinajstić information content (AvgIpc) is 3.15. The Hall–Kier alpha value is -3.23. The minimum atomic E-state index is -0.198. The lowest BCUT2D eigenvalue weighted by Crippen LogP contribution is -2.05. The third kappa shape index (κ3) is 2.65. The zero-order valence-corrected chi connectivity index (χ0v) is 15.8. The molecule has 0 aliphatic heterocycles. The van der Waals surface area contributed by atoms with Crippen molar-refractivity contribution in [1.82, 2.24) is 4.98 Å². The highest BCUT2D eigenvalue weighted by Gasteiger charge is 2.26. The van der Waals surface area contributed by atoms with Gasteiger partial charge in [0.25, 0.3) is 0 Å². The van der Waals surface area contributed by atoms with Gasteiger partial charge in [-0.2, -0.15) is 0 Å². The number of halogens is 1. The highest BCUT2D eigenvalue weighted by atomic mass is 35.5. The van der Waals surface area contributed by atoms with Crippen LogP contribution in [0.3, 0.4) is 0 Å². The maximum Gasteiger partial charge on any atom is 0.120 e. The number of benzene rings is 4. The number of aromatic nitrogens is 1. The SMILES string of the molecule is Oc1ccc2ccccc2c1C(c1ccccc1Cl)c1c[nH]c2ccccc12. The van der Waals surface area contributed by atoms with Crippen molar-refractivity contribution >= 4 is 33.3 Å². The molecule has 0 fully saturated rings. The Morgan fingerprint density at radius 3 is 2.29 bits per heavy atom. The van der Waals surface area contributed by atoms with Crippen LogP contribution < -0.4 is 0 Å². The van der Waals surface area contributed by atoms with Crippen molar-refractivity contribution in [3.8, 4) is 5.75 Å². The van der Waals surface area contributed by atoms with Gasteiger partial charge in [0.15, 0.2) is 0 Å². The van der Waals surface area contributed by atoms with E-state index in [1.807, 2.05) is 60.8 Å². The van der Waals surface area contributed by atoms with Crippen molar-refractivity contribution in [2.45, 2.75) is 5.92 Å². The Kier molecular flexibility index (Phi) is 4.07. The second-order valence-corrected chi connectivity index (χ2v) is 7.37. The van der Waals surface area contributed by atoms with Crippen molar-refractivity contribution in [3.63, 3.8) is 0 Å². The molecule has 136 valence electrons. The van der Waals surface area contributed by atoms with E-state index < -0.39 is 0 Å². The topological polar surface area (TPSA) is 36.0 Å². The van der Waals surface area contributed by atoms with Gasteiger partial charge in [0.1, 0.15) is 5.75 Å². The summed E-state index contributed by atoms with van der Waals surface area (Å²) < 4.78 is 0. The molecule has 1 heterocycles. The van der Waals surface area contributed by atoms with Crippen LogP contribution in [0.5, 0.6) is 5.75 Å². The molecule has 28 heavy (non-hydrogen) atoms. The molecule has 0 saturated heterocycles. The molecule has 0 bridgehead atoms. The number of phenols is 1. The Morgan fingerprint density at radius 2 is 1.43 bits per heavy atom. The number of aromatic amines is 1. The lowest BCUT2D eigenvalue weighted by molar-refractivity contribution is 0.468. The van der Waals surface area contributed by atoms with Crippen LogP contribution >= 0.6 is 11.6 Å². The fourth-order valence-electron chi connectivity index (χ4n) is 4.11. The van der Waals surface area contributed by atoms with E-state index in [0.29, 0.717) is 5.02 Å². The Bertz CT molecular complexity index is 1300. The minimum absolute atomic E-state index is 0.198. The van der Waals surface area contributed by atoms with Crippen LogP contribution in [0.15, 0.2) is 91.1 Å². The largest absolute Gasteiger partial charge is 0.508 e. The van der Waals surface area contributed by atoms with E-state index in [1.54, 1.807) is 6.07 Å². The van der Waals surface area contributed by atoms with Gasteiger partial charge in [0.05, 0.1) is 0 Å². The first kappa shape index (κ1) is 16.9. The van der Waals surface area contributed by atoms with Crippen molar-refractivity contribution in [2.75, 3.05) is 0 Å². The Morgan fingerprint density at radius 1 is 0.714 bits per heavy atom. The fourth-order valence-corrected chi connectivity index (χ4v) is 4.35. The highest BCUT2D eigenvalue weighted by molar-refractivity contribution is 6.31. The molecule has 0 amide bonds. The van der Waals surface area contributed by atoms with Crippen molar-refractivity contribution in [2.24, 2.45) is 0 Å². The van der Waals surface area contributed by atoms with E-state index in [0.717, 1.165) is 38.4 Å².